The fraction of sp³-hybridized carbons (Fsp3) is 0.700. The zero-order valence-corrected chi connectivity index (χ0v) is 10.4. The van der Waals surface area contributed by atoms with Gasteiger partial charge in [-0.2, -0.15) is 0 Å². The summed E-state index contributed by atoms with van der Waals surface area (Å²) in [6, 6.07) is 0. The Morgan fingerprint density at radius 3 is 2.23 bits per heavy atom. The minimum absolute atomic E-state index is 0.109. The Hall–Kier alpha value is -0.310. The minimum Gasteiger partial charge on any atom is -0.338 e. The van der Waals surface area contributed by atoms with E-state index in [4.69, 9.17) is 0 Å². The van der Waals surface area contributed by atoms with E-state index in [9.17, 15) is 4.79 Å². The molecule has 1 amide bonds. The molecule has 0 aliphatic rings. The van der Waals surface area contributed by atoms with Crippen LogP contribution < -0.4 is 0 Å². The van der Waals surface area contributed by atoms with E-state index in [2.05, 4.69) is 22.5 Å². The molecule has 0 saturated heterocycles. The van der Waals surface area contributed by atoms with Crippen molar-refractivity contribution >= 4 is 21.8 Å². The lowest BCUT2D eigenvalue weighted by atomic mass is 10.1. The van der Waals surface area contributed by atoms with Gasteiger partial charge in [-0.1, -0.05) is 28.1 Å². The molecule has 0 aromatic carbocycles. The maximum Gasteiger partial charge on any atom is 0.239 e. The van der Waals surface area contributed by atoms with Crippen molar-refractivity contribution in [3.63, 3.8) is 0 Å². The molecular weight excluding hydrogens is 230 g/mol. The third-order valence-corrected chi connectivity index (χ3v) is 1.98. The van der Waals surface area contributed by atoms with Gasteiger partial charge in [-0.3, -0.25) is 4.79 Å². The molecule has 2 nitrogen and oxygen atoms in total. The first-order valence-corrected chi connectivity index (χ1v) is 5.21. The minimum atomic E-state index is -0.474. The lowest BCUT2D eigenvalue weighted by Gasteiger charge is -2.27. The van der Waals surface area contributed by atoms with Crippen molar-refractivity contribution in [3.8, 4) is 0 Å². The van der Waals surface area contributed by atoms with Gasteiger partial charge in [-0.15, -0.1) is 0 Å². The van der Waals surface area contributed by atoms with Gasteiger partial charge in [0, 0.05) is 13.1 Å². The van der Waals surface area contributed by atoms with Gasteiger partial charge in [0.25, 0.3) is 0 Å². The Kier molecular flexibility index (Phi) is 4.68. The fourth-order valence-electron chi connectivity index (χ4n) is 1.03. The Labute approximate surface area is 89.1 Å². The van der Waals surface area contributed by atoms with Gasteiger partial charge >= 0.3 is 0 Å². The van der Waals surface area contributed by atoms with Gasteiger partial charge in [-0.25, -0.2) is 0 Å². The van der Waals surface area contributed by atoms with Crippen molar-refractivity contribution < 1.29 is 4.79 Å². The van der Waals surface area contributed by atoms with Gasteiger partial charge in [0.1, 0.15) is 0 Å². The largest absolute Gasteiger partial charge is 0.338 e. The SMILES string of the molecule is C=C(C)CN(CC)C(=O)C(C)(C)Br. The summed E-state index contributed by atoms with van der Waals surface area (Å²) in [6.07, 6.45) is 0. The van der Waals surface area contributed by atoms with Crippen molar-refractivity contribution in [2.45, 2.75) is 32.0 Å². The molecular formula is C10H18BrNO. The predicted molar refractivity (Wildman–Crippen MR) is 60.1 cm³/mol. The molecule has 0 atom stereocenters. The second-order valence-electron chi connectivity index (χ2n) is 3.75. The quantitative estimate of drug-likeness (QED) is 0.553. The van der Waals surface area contributed by atoms with Crippen LogP contribution >= 0.6 is 15.9 Å². The van der Waals surface area contributed by atoms with E-state index in [1.807, 2.05) is 27.7 Å². The summed E-state index contributed by atoms with van der Waals surface area (Å²) in [5.74, 6) is 0.109. The highest BCUT2D eigenvalue weighted by Gasteiger charge is 2.27. The molecule has 3 heteroatoms. The van der Waals surface area contributed by atoms with Crippen molar-refractivity contribution in [1.29, 1.82) is 0 Å². The number of alkyl halides is 1. The summed E-state index contributed by atoms with van der Waals surface area (Å²) in [7, 11) is 0. The van der Waals surface area contributed by atoms with Crippen molar-refractivity contribution in [2.75, 3.05) is 13.1 Å². The molecule has 0 unspecified atom stereocenters. The Balaban J connectivity index is 4.41. The number of amides is 1. The smallest absolute Gasteiger partial charge is 0.239 e. The molecule has 0 bridgehead atoms. The third kappa shape index (κ3) is 4.46. The predicted octanol–water partition coefficient (Wildman–Crippen LogP) is 2.58. The summed E-state index contributed by atoms with van der Waals surface area (Å²) in [4.78, 5) is 13.6. The molecule has 0 rings (SSSR count). The number of rotatable bonds is 4. The molecule has 0 spiro atoms. The number of hydrogen-bond acceptors (Lipinski definition) is 1. The fourth-order valence-corrected chi connectivity index (χ4v) is 1.28. The maximum atomic E-state index is 11.8. The number of nitrogens with zero attached hydrogens (tertiary/aromatic N) is 1. The van der Waals surface area contributed by atoms with Crippen molar-refractivity contribution in [2.24, 2.45) is 0 Å². The van der Waals surface area contributed by atoms with E-state index in [0.717, 1.165) is 12.1 Å². The topological polar surface area (TPSA) is 20.3 Å². The van der Waals surface area contributed by atoms with Crippen molar-refractivity contribution in [1.82, 2.24) is 4.90 Å². The first kappa shape index (κ1) is 12.7. The molecule has 0 heterocycles. The molecule has 0 radical (unpaired) electrons. The van der Waals surface area contributed by atoms with E-state index in [1.54, 1.807) is 4.90 Å². The highest BCUT2D eigenvalue weighted by atomic mass is 79.9. The Morgan fingerprint density at radius 1 is 1.54 bits per heavy atom. The van der Waals surface area contributed by atoms with Crippen LogP contribution in [0.4, 0.5) is 0 Å². The van der Waals surface area contributed by atoms with Gasteiger partial charge in [0.05, 0.1) is 4.32 Å². The molecule has 76 valence electrons. The van der Waals surface area contributed by atoms with Crippen LogP contribution in [0.2, 0.25) is 0 Å². The number of halogens is 1. The lowest BCUT2D eigenvalue weighted by molar-refractivity contribution is -0.132. The lowest BCUT2D eigenvalue weighted by Crippen LogP contribution is -2.42. The van der Waals surface area contributed by atoms with Crippen LogP contribution in [0, 0.1) is 0 Å². The van der Waals surface area contributed by atoms with Gasteiger partial charge in [0.2, 0.25) is 5.91 Å². The van der Waals surface area contributed by atoms with Crippen molar-refractivity contribution in [3.05, 3.63) is 12.2 Å². The first-order valence-electron chi connectivity index (χ1n) is 4.41. The average Bonchev–Trinajstić information content (AvgIpc) is 1.96. The summed E-state index contributed by atoms with van der Waals surface area (Å²) >= 11 is 3.35. The normalized spacial score (nSPS) is 11.2. The van der Waals surface area contributed by atoms with Crippen LogP contribution in [-0.4, -0.2) is 28.2 Å². The molecule has 0 fully saturated rings. The van der Waals surface area contributed by atoms with Gasteiger partial charge < -0.3 is 4.90 Å². The van der Waals surface area contributed by atoms with Crippen LogP contribution in [0.1, 0.15) is 27.7 Å². The molecule has 0 aliphatic carbocycles. The Bertz CT molecular complexity index is 205. The number of likely N-dealkylation sites (N-methyl/N-ethyl adjacent to an activating group) is 1. The van der Waals surface area contributed by atoms with E-state index in [1.165, 1.54) is 0 Å². The summed E-state index contributed by atoms with van der Waals surface area (Å²) in [5.41, 5.74) is 1.01. The molecule has 0 aliphatic heterocycles. The number of carbonyl (C=O) groups is 1. The van der Waals surface area contributed by atoms with Crippen LogP contribution in [0.25, 0.3) is 0 Å². The van der Waals surface area contributed by atoms with E-state index < -0.39 is 4.32 Å². The summed E-state index contributed by atoms with van der Waals surface area (Å²) in [6.45, 7) is 12.8. The maximum absolute atomic E-state index is 11.8. The second-order valence-corrected chi connectivity index (χ2v) is 5.73. The zero-order chi connectivity index (χ0) is 10.6. The monoisotopic (exact) mass is 247 g/mol. The van der Waals surface area contributed by atoms with E-state index in [-0.39, 0.29) is 5.91 Å². The zero-order valence-electron chi connectivity index (χ0n) is 8.85. The molecule has 0 aromatic heterocycles. The first-order chi connectivity index (χ1) is 5.79. The van der Waals surface area contributed by atoms with Crippen LogP contribution in [0.3, 0.4) is 0 Å². The molecule has 0 saturated carbocycles. The Morgan fingerprint density at radius 2 is 2.00 bits per heavy atom. The summed E-state index contributed by atoms with van der Waals surface area (Å²) < 4.78 is -0.474. The van der Waals surface area contributed by atoms with Crippen LogP contribution in [0.15, 0.2) is 12.2 Å². The van der Waals surface area contributed by atoms with Gasteiger partial charge in [-0.05, 0) is 27.7 Å². The number of hydrogen-bond donors (Lipinski definition) is 0. The highest BCUT2D eigenvalue weighted by Crippen LogP contribution is 2.19. The third-order valence-electron chi connectivity index (χ3n) is 1.64. The van der Waals surface area contributed by atoms with E-state index >= 15 is 0 Å². The van der Waals surface area contributed by atoms with Gasteiger partial charge in [0.15, 0.2) is 0 Å². The van der Waals surface area contributed by atoms with Crippen LogP contribution in [-0.2, 0) is 4.79 Å². The molecule has 0 aromatic rings. The van der Waals surface area contributed by atoms with E-state index in [0.29, 0.717) is 6.54 Å². The standard InChI is InChI=1S/C10H18BrNO/c1-6-12(7-8(2)3)9(13)10(4,5)11/h2,6-7H2,1,3-5H3. The molecule has 0 N–H and O–H groups in total. The second kappa shape index (κ2) is 4.80. The molecule has 13 heavy (non-hydrogen) atoms. The number of carbonyl (C=O) groups excluding carboxylic acids is 1. The van der Waals surface area contributed by atoms with Crippen LogP contribution in [0.5, 0.6) is 0 Å². The summed E-state index contributed by atoms with van der Waals surface area (Å²) in [5, 5.41) is 0. The highest BCUT2D eigenvalue weighted by molar-refractivity contribution is 9.10. The average molecular weight is 248 g/mol.